The number of hydrogen-bond donors (Lipinski definition) is 1. The van der Waals surface area contributed by atoms with E-state index in [0.29, 0.717) is 29.9 Å². The molecule has 2 nitrogen and oxygen atoms in total. The molecule has 1 aliphatic heterocycles. The van der Waals surface area contributed by atoms with Gasteiger partial charge in [0.25, 0.3) is 0 Å². The van der Waals surface area contributed by atoms with E-state index in [1.807, 2.05) is 0 Å². The van der Waals surface area contributed by atoms with Crippen LogP contribution in [0.4, 0.5) is 17.6 Å². The minimum absolute atomic E-state index is 0.371. The molecule has 0 spiro atoms. The van der Waals surface area contributed by atoms with Crippen LogP contribution in [-0.4, -0.2) is 23.5 Å². The molecule has 1 atom stereocenters. The smallest absolute Gasteiger partial charge is 0.417 e. The van der Waals surface area contributed by atoms with Crippen LogP contribution in [0, 0.1) is 5.82 Å². The molecular weight excluding hydrogens is 300 g/mol. The number of fused-ring (bicyclic) bond motifs is 1. The number of halogens is 4. The van der Waals surface area contributed by atoms with Crippen LogP contribution in [0.5, 0.6) is 5.75 Å². The van der Waals surface area contributed by atoms with Gasteiger partial charge in [-0.1, -0.05) is 20.8 Å². The molecule has 1 N–H and O–H groups in total. The van der Waals surface area contributed by atoms with E-state index in [1.165, 1.54) is 19.1 Å². The van der Waals surface area contributed by atoms with E-state index in [2.05, 4.69) is 0 Å². The summed E-state index contributed by atoms with van der Waals surface area (Å²) in [6, 6.07) is 2.55. The van der Waals surface area contributed by atoms with Crippen molar-refractivity contribution in [1.29, 1.82) is 0 Å². The molecule has 0 fully saturated rings. The largest absolute Gasteiger partial charge is 0.493 e. The number of benzene rings is 1. The van der Waals surface area contributed by atoms with E-state index in [4.69, 9.17) is 4.74 Å². The molecule has 22 heavy (non-hydrogen) atoms. The van der Waals surface area contributed by atoms with Crippen molar-refractivity contribution in [2.75, 3.05) is 6.61 Å². The summed E-state index contributed by atoms with van der Waals surface area (Å²) in [6.45, 7) is 4.81. The Hall–Kier alpha value is -1.30. The first-order valence-corrected chi connectivity index (χ1v) is 7.25. The molecule has 6 heteroatoms. The Bertz CT molecular complexity index is 566. The molecule has 1 heterocycles. The average Bonchev–Trinajstić information content (AvgIpc) is 2.83. The third-order valence-electron chi connectivity index (χ3n) is 4.32. The Balaban J connectivity index is 2.43. The fraction of sp³-hybridized carbons (Fsp3) is 0.625. The molecule has 0 unspecified atom stereocenters. The third kappa shape index (κ3) is 2.93. The number of hydrogen-bond acceptors (Lipinski definition) is 2. The molecule has 1 aromatic carbocycles. The van der Waals surface area contributed by atoms with Crippen molar-refractivity contribution in [3.05, 3.63) is 29.1 Å². The van der Waals surface area contributed by atoms with Gasteiger partial charge in [0.15, 0.2) is 5.60 Å². The Kier molecular flexibility index (Phi) is 4.19. The first kappa shape index (κ1) is 17.1. The lowest BCUT2D eigenvalue weighted by atomic mass is 9.73. The monoisotopic (exact) mass is 320 g/mol. The second-order valence-electron chi connectivity index (χ2n) is 6.48. The summed E-state index contributed by atoms with van der Waals surface area (Å²) >= 11 is 0. The molecule has 0 aliphatic carbocycles. The maximum Gasteiger partial charge on any atom is 0.417 e. The summed E-state index contributed by atoms with van der Waals surface area (Å²) < 4.78 is 58.7. The van der Waals surface area contributed by atoms with E-state index in [9.17, 15) is 22.7 Å². The summed E-state index contributed by atoms with van der Waals surface area (Å²) in [5, 5.41) is 10.0. The second-order valence-corrected chi connectivity index (χ2v) is 6.48. The quantitative estimate of drug-likeness (QED) is 0.845. The fourth-order valence-corrected chi connectivity index (χ4v) is 3.02. The lowest BCUT2D eigenvalue weighted by Crippen LogP contribution is -2.48. The second kappa shape index (κ2) is 5.41. The zero-order valence-electron chi connectivity index (χ0n) is 12.9. The van der Waals surface area contributed by atoms with Crippen LogP contribution < -0.4 is 4.74 Å². The van der Waals surface area contributed by atoms with Crippen LogP contribution in [0.3, 0.4) is 0 Å². The highest BCUT2D eigenvalue weighted by molar-refractivity contribution is 5.48. The van der Waals surface area contributed by atoms with Crippen molar-refractivity contribution < 1.29 is 27.4 Å². The highest BCUT2D eigenvalue weighted by atomic mass is 19.4. The van der Waals surface area contributed by atoms with Gasteiger partial charge >= 0.3 is 6.18 Å². The predicted octanol–water partition coefficient (Wildman–Crippen LogP) is 4.13. The minimum atomic E-state index is -4.74. The zero-order chi connectivity index (χ0) is 16.8. The van der Waals surface area contributed by atoms with Crippen LogP contribution in [-0.2, 0) is 11.8 Å². The van der Waals surface area contributed by atoms with Gasteiger partial charge in [0.2, 0.25) is 0 Å². The van der Waals surface area contributed by atoms with E-state index in [-0.39, 0.29) is 0 Å². The van der Waals surface area contributed by atoms with Gasteiger partial charge in [-0.3, -0.25) is 0 Å². The standard InChI is InChI=1S/C16H20F4O2/c1-4-15(21,16(18,19)20)9-14(2,3)12-8-11(17)7-10-5-6-22-13(10)12/h7-8,21H,4-6,9H2,1-3H3/t15-/m0/s1. The van der Waals surface area contributed by atoms with Crippen LogP contribution >= 0.6 is 0 Å². The van der Waals surface area contributed by atoms with Crippen LogP contribution in [0.15, 0.2) is 12.1 Å². The third-order valence-corrected chi connectivity index (χ3v) is 4.32. The topological polar surface area (TPSA) is 29.5 Å². The Morgan fingerprint density at radius 1 is 1.23 bits per heavy atom. The molecule has 0 amide bonds. The van der Waals surface area contributed by atoms with Crippen molar-refractivity contribution in [2.24, 2.45) is 0 Å². The summed E-state index contributed by atoms with van der Waals surface area (Å²) in [4.78, 5) is 0. The van der Waals surface area contributed by atoms with Gasteiger partial charge in [0.05, 0.1) is 6.61 Å². The minimum Gasteiger partial charge on any atom is -0.493 e. The molecular formula is C16H20F4O2. The highest BCUT2D eigenvalue weighted by Gasteiger charge is 2.55. The molecule has 0 saturated carbocycles. The molecule has 1 aliphatic rings. The lowest BCUT2D eigenvalue weighted by Gasteiger charge is -2.37. The maximum atomic E-state index is 13.8. The van der Waals surface area contributed by atoms with Crippen molar-refractivity contribution in [2.45, 2.75) is 57.2 Å². The number of alkyl halides is 3. The molecule has 0 saturated heterocycles. The van der Waals surface area contributed by atoms with E-state index < -0.39 is 35.9 Å². The fourth-order valence-electron chi connectivity index (χ4n) is 3.02. The van der Waals surface area contributed by atoms with E-state index >= 15 is 0 Å². The van der Waals surface area contributed by atoms with Crippen LogP contribution in [0.1, 0.15) is 44.7 Å². The Morgan fingerprint density at radius 2 is 1.86 bits per heavy atom. The molecule has 0 bridgehead atoms. The first-order chi connectivity index (χ1) is 10.00. The molecule has 0 aromatic heterocycles. The van der Waals surface area contributed by atoms with Gasteiger partial charge in [0.1, 0.15) is 11.6 Å². The van der Waals surface area contributed by atoms with Gasteiger partial charge in [-0.25, -0.2) is 4.39 Å². The Morgan fingerprint density at radius 3 is 2.41 bits per heavy atom. The molecule has 0 radical (unpaired) electrons. The summed E-state index contributed by atoms with van der Waals surface area (Å²) in [5.74, 6) is -0.0496. The molecule has 2 rings (SSSR count). The van der Waals surface area contributed by atoms with Gasteiger partial charge in [0, 0.05) is 17.5 Å². The van der Waals surface area contributed by atoms with Gasteiger partial charge in [-0.15, -0.1) is 0 Å². The SMILES string of the molecule is CC[C@](O)(CC(C)(C)c1cc(F)cc2c1OCC2)C(F)(F)F. The Labute approximate surface area is 127 Å². The molecule has 124 valence electrons. The first-order valence-electron chi connectivity index (χ1n) is 7.25. The van der Waals surface area contributed by atoms with Gasteiger partial charge < -0.3 is 9.84 Å². The normalized spacial score (nSPS) is 17.8. The molecule has 1 aromatic rings. The van der Waals surface area contributed by atoms with Crippen molar-refractivity contribution in [3.8, 4) is 5.75 Å². The highest BCUT2D eigenvalue weighted by Crippen LogP contribution is 2.46. The van der Waals surface area contributed by atoms with Gasteiger partial charge in [-0.05, 0) is 30.4 Å². The lowest BCUT2D eigenvalue weighted by molar-refractivity contribution is -0.267. The van der Waals surface area contributed by atoms with Crippen LogP contribution in [0.25, 0.3) is 0 Å². The predicted molar refractivity (Wildman–Crippen MR) is 74.5 cm³/mol. The zero-order valence-corrected chi connectivity index (χ0v) is 12.9. The summed E-state index contributed by atoms with van der Waals surface area (Å²) in [5.41, 5.74) is -2.86. The van der Waals surface area contributed by atoms with E-state index in [1.54, 1.807) is 13.8 Å². The van der Waals surface area contributed by atoms with Crippen molar-refractivity contribution in [3.63, 3.8) is 0 Å². The average molecular weight is 320 g/mol. The number of ether oxygens (including phenoxy) is 1. The number of aliphatic hydroxyl groups is 1. The number of rotatable bonds is 4. The maximum absolute atomic E-state index is 13.8. The summed E-state index contributed by atoms with van der Waals surface area (Å²) in [6.07, 6.45) is -5.22. The van der Waals surface area contributed by atoms with Crippen molar-refractivity contribution >= 4 is 0 Å². The van der Waals surface area contributed by atoms with Crippen molar-refractivity contribution in [1.82, 2.24) is 0 Å². The van der Waals surface area contributed by atoms with Crippen LogP contribution in [0.2, 0.25) is 0 Å². The summed E-state index contributed by atoms with van der Waals surface area (Å²) in [7, 11) is 0. The van der Waals surface area contributed by atoms with E-state index in [0.717, 1.165) is 0 Å². The van der Waals surface area contributed by atoms with Gasteiger partial charge in [-0.2, -0.15) is 13.2 Å².